The molecule has 0 aliphatic heterocycles. The van der Waals surface area contributed by atoms with Crippen LogP contribution in [0.3, 0.4) is 0 Å². The molecule has 0 aromatic rings. The van der Waals surface area contributed by atoms with E-state index in [1.165, 1.54) is 25.7 Å². The minimum absolute atomic E-state index is 0.115. The Morgan fingerprint density at radius 1 is 1.18 bits per heavy atom. The molecule has 4 heteroatoms. The SMILES string of the molecule is C[C@H](CCC(=O)O)[C@H]1CC[C@H]2[C@@H]3C(=O)C[C@@H]4CCCC[C@]4(C)[C@H]3C[C@H](O)[C@]12C. The van der Waals surface area contributed by atoms with E-state index in [4.69, 9.17) is 5.11 Å². The first-order chi connectivity index (χ1) is 13.2. The number of carboxylic acid groups (broad SMARTS) is 1. The number of ketones is 1. The molecule has 4 aliphatic rings. The summed E-state index contributed by atoms with van der Waals surface area (Å²) < 4.78 is 0. The van der Waals surface area contributed by atoms with Crippen molar-refractivity contribution in [2.75, 3.05) is 0 Å². The molecule has 0 amide bonds. The molecule has 4 aliphatic carbocycles. The second-order valence-electron chi connectivity index (χ2n) is 11.1. The van der Waals surface area contributed by atoms with Gasteiger partial charge in [0.05, 0.1) is 6.10 Å². The number of carbonyl (C=O) groups excluding carboxylic acids is 1. The number of aliphatic hydroxyl groups excluding tert-OH is 1. The maximum atomic E-state index is 13.3. The predicted molar refractivity (Wildman–Crippen MR) is 108 cm³/mol. The molecule has 0 bridgehead atoms. The number of carboxylic acids is 1. The third-order valence-corrected chi connectivity index (χ3v) is 10.1. The Balaban J connectivity index is 1.62. The van der Waals surface area contributed by atoms with E-state index in [1.54, 1.807) is 0 Å². The summed E-state index contributed by atoms with van der Waals surface area (Å²) in [5, 5.41) is 20.5. The van der Waals surface area contributed by atoms with Gasteiger partial charge in [-0.3, -0.25) is 9.59 Å². The maximum Gasteiger partial charge on any atom is 0.303 e. The van der Waals surface area contributed by atoms with E-state index in [1.807, 2.05) is 0 Å². The summed E-state index contributed by atoms with van der Waals surface area (Å²) in [5.41, 5.74) is -0.0290. The zero-order valence-electron chi connectivity index (χ0n) is 17.8. The fraction of sp³-hybridized carbons (Fsp3) is 0.917. The zero-order valence-corrected chi connectivity index (χ0v) is 17.8. The van der Waals surface area contributed by atoms with Gasteiger partial charge in [-0.2, -0.15) is 0 Å². The van der Waals surface area contributed by atoms with Gasteiger partial charge < -0.3 is 10.2 Å². The van der Waals surface area contributed by atoms with Crippen LogP contribution in [-0.2, 0) is 9.59 Å². The highest BCUT2D eigenvalue weighted by atomic mass is 16.4. The molecule has 9 atom stereocenters. The zero-order chi connectivity index (χ0) is 20.3. The smallest absolute Gasteiger partial charge is 0.303 e. The van der Waals surface area contributed by atoms with Crippen LogP contribution >= 0.6 is 0 Å². The van der Waals surface area contributed by atoms with E-state index in [0.717, 1.165) is 25.7 Å². The summed E-state index contributed by atoms with van der Waals surface area (Å²) in [4.78, 5) is 24.4. The van der Waals surface area contributed by atoms with E-state index in [9.17, 15) is 14.7 Å². The van der Waals surface area contributed by atoms with Crippen molar-refractivity contribution in [1.29, 1.82) is 0 Å². The Bertz CT molecular complexity index is 645. The van der Waals surface area contributed by atoms with Gasteiger partial charge in [-0.1, -0.05) is 33.6 Å². The quantitative estimate of drug-likeness (QED) is 0.730. The number of hydrogen-bond donors (Lipinski definition) is 2. The number of fused-ring (bicyclic) bond motifs is 5. The topological polar surface area (TPSA) is 74.6 Å². The van der Waals surface area contributed by atoms with Gasteiger partial charge in [0.15, 0.2) is 0 Å². The van der Waals surface area contributed by atoms with Crippen molar-refractivity contribution < 1.29 is 19.8 Å². The minimum Gasteiger partial charge on any atom is -0.481 e. The number of hydrogen-bond acceptors (Lipinski definition) is 3. The normalized spacial score (nSPS) is 49.1. The molecule has 0 spiro atoms. The molecule has 4 rings (SSSR count). The monoisotopic (exact) mass is 390 g/mol. The Morgan fingerprint density at radius 3 is 2.64 bits per heavy atom. The van der Waals surface area contributed by atoms with Crippen LogP contribution in [0, 0.1) is 46.3 Å². The average molecular weight is 391 g/mol. The van der Waals surface area contributed by atoms with Crippen LogP contribution in [0.25, 0.3) is 0 Å². The van der Waals surface area contributed by atoms with Crippen molar-refractivity contribution in [2.45, 2.75) is 91.1 Å². The lowest BCUT2D eigenvalue weighted by Crippen LogP contribution is -2.60. The van der Waals surface area contributed by atoms with Gasteiger partial charge in [-0.05, 0) is 73.5 Å². The fourth-order valence-corrected chi connectivity index (χ4v) is 8.45. The van der Waals surface area contributed by atoms with Gasteiger partial charge in [-0.15, -0.1) is 0 Å². The number of aliphatic carboxylic acids is 1. The Morgan fingerprint density at radius 2 is 1.93 bits per heavy atom. The number of aliphatic hydroxyl groups is 1. The van der Waals surface area contributed by atoms with Crippen molar-refractivity contribution in [3.63, 3.8) is 0 Å². The van der Waals surface area contributed by atoms with Gasteiger partial charge in [0.1, 0.15) is 5.78 Å². The standard InChI is InChI=1S/C24H38O4/c1-14(7-10-21(27)28)16-8-9-17-22-18(13-20(26)24(16,17)3)23(2)11-5-4-6-15(23)12-19(22)25/h14-18,20,22,26H,4-13H2,1-3H3,(H,27,28)/t14-,15+,16-,17+,18+,20+,22+,23+,24-/m1/s1. The Hall–Kier alpha value is -0.900. The van der Waals surface area contributed by atoms with Crippen LogP contribution < -0.4 is 0 Å². The van der Waals surface area contributed by atoms with Gasteiger partial charge in [0.25, 0.3) is 0 Å². The predicted octanol–water partition coefficient (Wildman–Crippen LogP) is 4.69. The molecule has 28 heavy (non-hydrogen) atoms. The molecule has 0 aromatic carbocycles. The third kappa shape index (κ3) is 2.88. The first-order valence-corrected chi connectivity index (χ1v) is 11.6. The van der Waals surface area contributed by atoms with Crippen LogP contribution in [-0.4, -0.2) is 28.1 Å². The molecule has 4 saturated carbocycles. The van der Waals surface area contributed by atoms with Crippen LogP contribution in [0.15, 0.2) is 0 Å². The van der Waals surface area contributed by atoms with Crippen molar-refractivity contribution in [3.05, 3.63) is 0 Å². The van der Waals surface area contributed by atoms with Crippen LogP contribution in [0.1, 0.15) is 85.0 Å². The van der Waals surface area contributed by atoms with E-state index in [-0.39, 0.29) is 41.1 Å². The van der Waals surface area contributed by atoms with Crippen molar-refractivity contribution in [2.24, 2.45) is 46.3 Å². The van der Waals surface area contributed by atoms with Crippen molar-refractivity contribution in [1.82, 2.24) is 0 Å². The number of Topliss-reactive ketones (excluding diaryl/α,β-unsaturated/α-hetero) is 1. The lowest BCUT2D eigenvalue weighted by molar-refractivity contribution is -0.178. The van der Waals surface area contributed by atoms with Crippen LogP contribution in [0.4, 0.5) is 0 Å². The van der Waals surface area contributed by atoms with Crippen molar-refractivity contribution >= 4 is 11.8 Å². The molecular weight excluding hydrogens is 352 g/mol. The molecule has 4 nitrogen and oxygen atoms in total. The second kappa shape index (κ2) is 7.11. The first-order valence-electron chi connectivity index (χ1n) is 11.6. The van der Waals surface area contributed by atoms with Gasteiger partial charge in [0, 0.05) is 24.2 Å². The van der Waals surface area contributed by atoms with Crippen LogP contribution in [0.2, 0.25) is 0 Å². The summed E-state index contributed by atoms with van der Waals surface area (Å²) in [5.74, 6) is 1.55. The maximum absolute atomic E-state index is 13.3. The highest BCUT2D eigenvalue weighted by molar-refractivity contribution is 5.83. The lowest BCUT2D eigenvalue weighted by Gasteiger charge is -2.61. The lowest BCUT2D eigenvalue weighted by atomic mass is 9.43. The summed E-state index contributed by atoms with van der Waals surface area (Å²) in [6.45, 7) is 6.79. The Kier molecular flexibility index (Phi) is 5.17. The summed E-state index contributed by atoms with van der Waals surface area (Å²) in [6.07, 6.45) is 8.94. The van der Waals surface area contributed by atoms with Crippen LogP contribution in [0.5, 0.6) is 0 Å². The summed E-state index contributed by atoms with van der Waals surface area (Å²) in [6, 6.07) is 0. The molecule has 2 N–H and O–H groups in total. The number of rotatable bonds is 4. The second-order valence-corrected chi connectivity index (χ2v) is 11.1. The van der Waals surface area contributed by atoms with E-state index in [0.29, 0.717) is 30.0 Å². The highest BCUT2D eigenvalue weighted by Gasteiger charge is 2.65. The average Bonchev–Trinajstić information content (AvgIpc) is 3.00. The summed E-state index contributed by atoms with van der Waals surface area (Å²) in [7, 11) is 0. The van der Waals surface area contributed by atoms with Gasteiger partial charge in [0.2, 0.25) is 0 Å². The highest BCUT2D eigenvalue weighted by Crippen LogP contribution is 2.67. The van der Waals surface area contributed by atoms with E-state index >= 15 is 0 Å². The van der Waals surface area contributed by atoms with E-state index in [2.05, 4.69) is 20.8 Å². The number of carbonyl (C=O) groups is 2. The molecule has 0 saturated heterocycles. The largest absolute Gasteiger partial charge is 0.481 e. The first kappa shape index (κ1) is 20.4. The third-order valence-electron chi connectivity index (χ3n) is 10.1. The van der Waals surface area contributed by atoms with Gasteiger partial charge >= 0.3 is 5.97 Å². The fourth-order valence-electron chi connectivity index (χ4n) is 8.45. The molecule has 0 radical (unpaired) electrons. The summed E-state index contributed by atoms with van der Waals surface area (Å²) >= 11 is 0. The molecular formula is C24H38O4. The van der Waals surface area contributed by atoms with Crippen molar-refractivity contribution in [3.8, 4) is 0 Å². The molecule has 0 aromatic heterocycles. The molecule has 0 unspecified atom stereocenters. The van der Waals surface area contributed by atoms with Gasteiger partial charge in [-0.25, -0.2) is 0 Å². The molecule has 158 valence electrons. The van der Waals surface area contributed by atoms with E-state index < -0.39 is 5.97 Å². The Labute approximate surface area is 169 Å². The minimum atomic E-state index is -0.741. The molecule has 0 heterocycles. The molecule has 4 fully saturated rings.